The monoisotopic (exact) mass is 908 g/mol. The van der Waals surface area contributed by atoms with E-state index in [0.717, 1.165) is 22.5 Å². The van der Waals surface area contributed by atoms with Crippen molar-refractivity contribution < 1.29 is 19.2 Å². The summed E-state index contributed by atoms with van der Waals surface area (Å²) in [7, 11) is 0. The van der Waals surface area contributed by atoms with Crippen molar-refractivity contribution in [3.05, 3.63) is 115 Å². The normalized spacial score (nSPS) is 16.1. The lowest BCUT2D eigenvalue weighted by Crippen LogP contribution is -2.37. The van der Waals surface area contributed by atoms with Crippen molar-refractivity contribution in [1.29, 1.82) is 0 Å². The van der Waals surface area contributed by atoms with Gasteiger partial charge in [-0.15, -0.1) is 0 Å². The van der Waals surface area contributed by atoms with E-state index in [1.165, 1.54) is 13.8 Å². The SMILES string of the molecule is CC(=O)NCCNCc1cn2cc(-c3cccc(-c4cccc(-c5cc6c(=O)n(C[C@@H]7CCC(=O)N7)c(CNCCNC(C)=O)cn6c5)c4Cl)c3Cl)cc2c(=O)n1C[C@@H]1CCC(=O)N1. The van der Waals surface area contributed by atoms with E-state index in [0.29, 0.717) is 121 Å². The van der Waals surface area contributed by atoms with E-state index in [1.54, 1.807) is 17.9 Å². The minimum absolute atomic E-state index is 0.0333. The lowest BCUT2D eigenvalue weighted by molar-refractivity contribution is -0.120. The number of rotatable bonds is 17. The molecule has 0 spiro atoms. The molecule has 0 aliphatic carbocycles. The van der Waals surface area contributed by atoms with E-state index in [4.69, 9.17) is 23.2 Å². The number of halogens is 2. The first kappa shape index (κ1) is 44.4. The second-order valence-corrected chi connectivity index (χ2v) is 17.1. The van der Waals surface area contributed by atoms with E-state index < -0.39 is 0 Å². The number of fused-ring (bicyclic) bond motifs is 2. The van der Waals surface area contributed by atoms with Gasteiger partial charge < -0.3 is 49.8 Å². The van der Waals surface area contributed by atoms with E-state index in [2.05, 4.69) is 31.9 Å². The highest BCUT2D eigenvalue weighted by Crippen LogP contribution is 2.43. The van der Waals surface area contributed by atoms with Gasteiger partial charge in [0, 0.05) is 149 Å². The molecular weight excluding hydrogens is 859 g/mol. The van der Waals surface area contributed by atoms with Gasteiger partial charge in [0.05, 0.1) is 21.4 Å². The van der Waals surface area contributed by atoms with Crippen LogP contribution in [0.25, 0.3) is 44.4 Å². The van der Waals surface area contributed by atoms with Gasteiger partial charge in [0.25, 0.3) is 11.1 Å². The second-order valence-electron chi connectivity index (χ2n) is 16.4. The minimum Gasteiger partial charge on any atom is -0.355 e. The van der Waals surface area contributed by atoms with Gasteiger partial charge in [-0.25, -0.2) is 0 Å². The Kier molecular flexibility index (Phi) is 13.4. The predicted molar refractivity (Wildman–Crippen MR) is 246 cm³/mol. The Balaban J connectivity index is 1.11. The summed E-state index contributed by atoms with van der Waals surface area (Å²) in [6.07, 6.45) is 9.64. The Labute approximate surface area is 378 Å². The van der Waals surface area contributed by atoms with Crippen LogP contribution in [0.2, 0.25) is 10.0 Å². The molecule has 6 aromatic rings. The zero-order valence-electron chi connectivity index (χ0n) is 35.6. The van der Waals surface area contributed by atoms with Crippen LogP contribution in [-0.2, 0) is 45.4 Å². The highest BCUT2D eigenvalue weighted by atomic mass is 35.5. The van der Waals surface area contributed by atoms with Crippen LogP contribution in [0.1, 0.15) is 50.9 Å². The number of amides is 4. The van der Waals surface area contributed by atoms with Crippen molar-refractivity contribution in [2.75, 3.05) is 26.2 Å². The molecule has 0 unspecified atom stereocenters. The van der Waals surface area contributed by atoms with Gasteiger partial charge in [-0.2, -0.15) is 0 Å². The van der Waals surface area contributed by atoms with Crippen LogP contribution in [-0.4, -0.2) is 79.8 Å². The number of nitrogens with zero attached hydrogens (tertiary/aromatic N) is 4. The van der Waals surface area contributed by atoms with Gasteiger partial charge in [0.2, 0.25) is 23.6 Å². The molecule has 6 heterocycles. The van der Waals surface area contributed by atoms with Crippen molar-refractivity contribution in [2.45, 2.75) is 77.8 Å². The van der Waals surface area contributed by atoms with Crippen LogP contribution in [0.15, 0.2) is 82.9 Å². The van der Waals surface area contributed by atoms with Crippen molar-refractivity contribution in [2.24, 2.45) is 0 Å². The Bertz CT molecular complexity index is 2720. The maximum atomic E-state index is 14.2. The van der Waals surface area contributed by atoms with E-state index in [-0.39, 0.29) is 46.8 Å². The number of hydrogen-bond donors (Lipinski definition) is 6. The fourth-order valence-electron chi connectivity index (χ4n) is 8.57. The molecule has 64 heavy (non-hydrogen) atoms. The standard InChI is InChI=1S/C46H50Cl2N10O6/c1-27(59)51-15-13-49-19-33-25-55-21-29(17-39(55)45(63)57(33)23-31-9-11-41(61)53-31)35-5-3-7-37(43(35)47)38-8-4-6-36(44(38)48)30-18-40-46(64)58(24-32-10-12-42(62)54-32)34(26-56(40)22-30)20-50-14-16-52-28(2)60/h3-8,17-18,21-22,25-26,31-32,49-50H,9-16,19-20,23-24H2,1-2H3,(H,51,59)(H,52,60)(H,53,61)(H,54,62)/t31-,32-/m0/s1. The third-order valence-corrected chi connectivity index (χ3v) is 12.6. The Morgan fingerprint density at radius 3 is 1.39 bits per heavy atom. The fourth-order valence-corrected chi connectivity index (χ4v) is 9.25. The van der Waals surface area contributed by atoms with Crippen LogP contribution in [0.5, 0.6) is 0 Å². The first-order valence-corrected chi connectivity index (χ1v) is 22.2. The maximum Gasteiger partial charge on any atom is 0.275 e. The summed E-state index contributed by atoms with van der Waals surface area (Å²) in [6.45, 7) is 6.15. The molecule has 8 rings (SSSR count). The molecule has 2 saturated heterocycles. The van der Waals surface area contributed by atoms with Crippen LogP contribution < -0.4 is 43.0 Å². The Morgan fingerprint density at radius 1 is 0.609 bits per heavy atom. The van der Waals surface area contributed by atoms with Gasteiger partial charge in [0.1, 0.15) is 11.0 Å². The van der Waals surface area contributed by atoms with Gasteiger partial charge in [0.15, 0.2) is 0 Å². The average Bonchev–Trinajstić information content (AvgIpc) is 4.08. The Hall–Kier alpha value is -6.20. The molecule has 0 radical (unpaired) electrons. The van der Waals surface area contributed by atoms with Crippen molar-refractivity contribution in [1.82, 2.24) is 49.8 Å². The highest BCUT2D eigenvalue weighted by Gasteiger charge is 2.26. The molecule has 18 heteroatoms. The number of benzene rings is 2. The lowest BCUT2D eigenvalue weighted by atomic mass is 9.97. The van der Waals surface area contributed by atoms with E-state index in [1.807, 2.05) is 73.3 Å². The molecule has 2 aliphatic rings. The summed E-state index contributed by atoms with van der Waals surface area (Å²) in [5.41, 5.74) is 6.10. The van der Waals surface area contributed by atoms with Gasteiger partial charge >= 0.3 is 0 Å². The largest absolute Gasteiger partial charge is 0.355 e. The molecule has 2 aromatic carbocycles. The zero-order valence-corrected chi connectivity index (χ0v) is 37.1. The number of hydrogen-bond acceptors (Lipinski definition) is 8. The quantitative estimate of drug-likeness (QED) is 0.0744. The fraction of sp³-hybridized carbons (Fsp3) is 0.348. The zero-order chi connectivity index (χ0) is 45.1. The van der Waals surface area contributed by atoms with E-state index in [9.17, 15) is 28.8 Å². The highest BCUT2D eigenvalue weighted by molar-refractivity contribution is 6.39. The lowest BCUT2D eigenvalue weighted by Gasteiger charge is -2.18. The molecule has 334 valence electrons. The molecule has 0 saturated carbocycles. The number of carbonyl (C=O) groups excluding carboxylic acids is 4. The van der Waals surface area contributed by atoms with Crippen molar-refractivity contribution in [3.63, 3.8) is 0 Å². The summed E-state index contributed by atoms with van der Waals surface area (Å²) in [5, 5.41) is 19.0. The van der Waals surface area contributed by atoms with E-state index >= 15 is 0 Å². The minimum atomic E-state index is -0.209. The summed E-state index contributed by atoms with van der Waals surface area (Å²) >= 11 is 14.5. The second kappa shape index (κ2) is 19.3. The molecule has 6 N–H and O–H groups in total. The van der Waals surface area contributed by atoms with Crippen LogP contribution in [0, 0.1) is 0 Å². The molecule has 2 fully saturated rings. The number of aromatic nitrogens is 4. The van der Waals surface area contributed by atoms with Crippen LogP contribution in [0.4, 0.5) is 0 Å². The maximum absolute atomic E-state index is 14.2. The summed E-state index contributed by atoms with van der Waals surface area (Å²) in [4.78, 5) is 75.2. The first-order chi connectivity index (χ1) is 30.8. The third-order valence-electron chi connectivity index (χ3n) is 11.7. The van der Waals surface area contributed by atoms with Gasteiger partial charge in [-0.05, 0) is 25.0 Å². The van der Waals surface area contributed by atoms with Gasteiger partial charge in [-0.1, -0.05) is 59.6 Å². The summed E-state index contributed by atoms with van der Waals surface area (Å²) in [6, 6.07) is 14.6. The van der Waals surface area contributed by atoms with Crippen LogP contribution in [0.3, 0.4) is 0 Å². The number of nitrogens with one attached hydrogen (secondary N) is 6. The van der Waals surface area contributed by atoms with Crippen molar-refractivity contribution >= 4 is 57.9 Å². The van der Waals surface area contributed by atoms with Crippen molar-refractivity contribution in [3.8, 4) is 33.4 Å². The molecule has 2 atom stereocenters. The molecule has 4 amide bonds. The molecule has 0 bridgehead atoms. The average molecular weight is 910 g/mol. The number of carbonyl (C=O) groups is 4. The summed E-state index contributed by atoms with van der Waals surface area (Å²) in [5.74, 6) is -0.313. The van der Waals surface area contributed by atoms with Crippen LogP contribution >= 0.6 is 23.2 Å². The topological polar surface area (TPSA) is 193 Å². The predicted octanol–water partition coefficient (Wildman–Crippen LogP) is 3.83. The third kappa shape index (κ3) is 9.65. The summed E-state index contributed by atoms with van der Waals surface area (Å²) < 4.78 is 7.00. The Morgan fingerprint density at radius 2 is 1.02 bits per heavy atom. The molecule has 4 aromatic heterocycles. The first-order valence-electron chi connectivity index (χ1n) is 21.4. The van der Waals surface area contributed by atoms with Gasteiger partial charge in [-0.3, -0.25) is 28.8 Å². The molecular formula is C46H50Cl2N10O6. The molecule has 16 nitrogen and oxygen atoms in total. The smallest absolute Gasteiger partial charge is 0.275 e. The molecule has 2 aliphatic heterocycles.